The van der Waals surface area contributed by atoms with Gasteiger partial charge in [-0.2, -0.15) is 4.31 Å². The Morgan fingerprint density at radius 1 is 0.935 bits per heavy atom. The van der Waals surface area contributed by atoms with Gasteiger partial charge in [-0.15, -0.1) is 5.10 Å². The van der Waals surface area contributed by atoms with E-state index in [-0.39, 0.29) is 16.8 Å². The van der Waals surface area contributed by atoms with Crippen LogP contribution >= 0.6 is 0 Å². The fraction of sp³-hybridized carbons (Fsp3) is 0.318. The molecule has 2 aliphatic heterocycles. The molecule has 0 N–H and O–H groups in total. The summed E-state index contributed by atoms with van der Waals surface area (Å²) in [6.07, 6.45) is 3.69. The highest BCUT2D eigenvalue weighted by atomic mass is 32.2. The molecule has 3 aromatic rings. The monoisotopic (exact) mass is 437 g/mol. The van der Waals surface area contributed by atoms with Crippen LogP contribution in [0.15, 0.2) is 65.7 Å². The van der Waals surface area contributed by atoms with Crippen molar-refractivity contribution in [2.75, 3.05) is 26.2 Å². The van der Waals surface area contributed by atoms with E-state index in [0.717, 1.165) is 24.1 Å². The van der Waals surface area contributed by atoms with Crippen LogP contribution in [0.25, 0.3) is 11.3 Å². The second kappa shape index (κ2) is 7.90. The van der Waals surface area contributed by atoms with Crippen molar-refractivity contribution in [2.24, 2.45) is 0 Å². The number of likely N-dealkylation sites (tertiary alicyclic amines) is 1. The fourth-order valence-corrected chi connectivity index (χ4v) is 5.53. The van der Waals surface area contributed by atoms with Crippen LogP contribution in [0.1, 0.15) is 29.2 Å². The molecule has 31 heavy (non-hydrogen) atoms. The highest BCUT2D eigenvalue weighted by Gasteiger charge is 2.34. The van der Waals surface area contributed by atoms with Gasteiger partial charge in [0.25, 0.3) is 5.91 Å². The summed E-state index contributed by atoms with van der Waals surface area (Å²) in [7, 11) is -3.47. The normalized spacial score (nSPS) is 17.6. The van der Waals surface area contributed by atoms with Crippen LogP contribution in [-0.4, -0.2) is 64.7 Å². The molecule has 0 bridgehead atoms. The zero-order chi connectivity index (χ0) is 21.4. The van der Waals surface area contributed by atoms with Crippen LogP contribution in [0.5, 0.6) is 0 Å². The maximum Gasteiger partial charge on any atom is 0.254 e. The van der Waals surface area contributed by atoms with Crippen LogP contribution in [-0.2, 0) is 10.0 Å². The van der Waals surface area contributed by atoms with E-state index in [2.05, 4.69) is 10.3 Å². The Morgan fingerprint density at radius 2 is 1.61 bits per heavy atom. The molecule has 2 saturated heterocycles. The predicted molar refractivity (Wildman–Crippen MR) is 115 cm³/mol. The van der Waals surface area contributed by atoms with Gasteiger partial charge in [0.2, 0.25) is 10.0 Å². The molecule has 0 unspecified atom stereocenters. The van der Waals surface area contributed by atoms with Crippen LogP contribution in [0, 0.1) is 0 Å². The minimum absolute atomic E-state index is 0.0868. The summed E-state index contributed by atoms with van der Waals surface area (Å²) in [5.74, 6) is -0.107. The number of aromatic nitrogens is 3. The second-order valence-electron chi connectivity index (χ2n) is 7.95. The lowest BCUT2D eigenvalue weighted by Gasteiger charge is -2.38. The molecule has 8 nitrogen and oxygen atoms in total. The van der Waals surface area contributed by atoms with E-state index in [1.807, 2.05) is 36.5 Å². The third-order valence-corrected chi connectivity index (χ3v) is 7.82. The third kappa shape index (κ3) is 3.75. The standard InChI is InChI=1S/C22H23N5O3S/c28-22(18-8-10-20(11-9-18)31(29,30)26-12-4-5-13-26)25-14-19(15-25)27-16-21(23-24-27)17-6-2-1-3-7-17/h1-3,6-11,16,19H,4-5,12-15H2. The zero-order valence-electron chi connectivity index (χ0n) is 17.0. The van der Waals surface area contributed by atoms with Crippen molar-refractivity contribution >= 4 is 15.9 Å². The van der Waals surface area contributed by atoms with Crippen molar-refractivity contribution < 1.29 is 13.2 Å². The summed E-state index contributed by atoms with van der Waals surface area (Å²) < 4.78 is 28.6. The highest BCUT2D eigenvalue weighted by molar-refractivity contribution is 7.89. The molecule has 0 saturated carbocycles. The van der Waals surface area contributed by atoms with Crippen molar-refractivity contribution in [3.63, 3.8) is 0 Å². The number of rotatable bonds is 5. The molecule has 0 spiro atoms. The van der Waals surface area contributed by atoms with E-state index in [4.69, 9.17) is 0 Å². The first-order valence-electron chi connectivity index (χ1n) is 10.4. The first-order valence-corrected chi connectivity index (χ1v) is 11.8. The molecular weight excluding hydrogens is 414 g/mol. The molecule has 1 amide bonds. The molecule has 5 rings (SSSR count). The predicted octanol–water partition coefficient (Wildman–Crippen LogP) is 2.43. The molecule has 9 heteroatoms. The van der Waals surface area contributed by atoms with Gasteiger partial charge in [0.05, 0.1) is 17.1 Å². The Hall–Kier alpha value is -3.04. The molecular formula is C22H23N5O3S. The molecule has 0 aliphatic carbocycles. The summed E-state index contributed by atoms with van der Waals surface area (Å²) in [6.45, 7) is 2.22. The minimum Gasteiger partial charge on any atom is -0.334 e. The quantitative estimate of drug-likeness (QED) is 0.612. The Kier molecular flexibility index (Phi) is 5.07. The van der Waals surface area contributed by atoms with Crippen LogP contribution in [0.3, 0.4) is 0 Å². The lowest BCUT2D eigenvalue weighted by atomic mass is 10.1. The largest absolute Gasteiger partial charge is 0.334 e. The van der Waals surface area contributed by atoms with Gasteiger partial charge in [0.1, 0.15) is 5.69 Å². The number of carbonyl (C=O) groups is 1. The maximum absolute atomic E-state index is 12.8. The topological polar surface area (TPSA) is 88.4 Å². The van der Waals surface area contributed by atoms with Crippen molar-refractivity contribution in [1.29, 1.82) is 0 Å². The van der Waals surface area contributed by atoms with E-state index in [9.17, 15) is 13.2 Å². The van der Waals surface area contributed by atoms with Crippen LogP contribution in [0.2, 0.25) is 0 Å². The number of nitrogens with zero attached hydrogens (tertiary/aromatic N) is 5. The number of sulfonamides is 1. The first-order chi connectivity index (χ1) is 15.0. The lowest BCUT2D eigenvalue weighted by molar-refractivity contribution is 0.0498. The number of amides is 1. The number of hydrogen-bond donors (Lipinski definition) is 0. The summed E-state index contributed by atoms with van der Waals surface area (Å²) in [5, 5.41) is 8.45. The fourth-order valence-electron chi connectivity index (χ4n) is 4.01. The van der Waals surface area contributed by atoms with Crippen molar-refractivity contribution in [3.8, 4) is 11.3 Å². The SMILES string of the molecule is O=C(c1ccc(S(=O)(=O)N2CCCC2)cc1)N1CC(n2cc(-c3ccccc3)nn2)C1. The van der Waals surface area contributed by atoms with Gasteiger partial charge in [-0.1, -0.05) is 35.5 Å². The van der Waals surface area contributed by atoms with E-state index in [1.165, 1.54) is 16.4 Å². The summed E-state index contributed by atoms with van der Waals surface area (Å²) in [6, 6.07) is 16.2. The Balaban J connectivity index is 1.22. The summed E-state index contributed by atoms with van der Waals surface area (Å²) in [4.78, 5) is 14.7. The van der Waals surface area contributed by atoms with E-state index >= 15 is 0 Å². The zero-order valence-corrected chi connectivity index (χ0v) is 17.8. The number of carbonyl (C=O) groups excluding carboxylic acids is 1. The van der Waals surface area contributed by atoms with Gasteiger partial charge in [0.15, 0.2) is 0 Å². The molecule has 2 fully saturated rings. The molecule has 2 aromatic carbocycles. The van der Waals surface area contributed by atoms with Gasteiger partial charge in [-0.25, -0.2) is 13.1 Å². The van der Waals surface area contributed by atoms with Gasteiger partial charge < -0.3 is 4.90 Å². The van der Waals surface area contributed by atoms with Crippen molar-refractivity contribution in [2.45, 2.75) is 23.8 Å². The highest BCUT2D eigenvalue weighted by Crippen LogP contribution is 2.26. The minimum atomic E-state index is -3.47. The average Bonchev–Trinajstić information content (AvgIpc) is 3.46. The molecule has 160 valence electrons. The van der Waals surface area contributed by atoms with Crippen molar-refractivity contribution in [3.05, 3.63) is 66.4 Å². The van der Waals surface area contributed by atoms with E-state index in [0.29, 0.717) is 31.7 Å². The summed E-state index contributed by atoms with van der Waals surface area (Å²) >= 11 is 0. The maximum atomic E-state index is 12.8. The Morgan fingerprint density at radius 3 is 2.29 bits per heavy atom. The van der Waals surface area contributed by atoms with Gasteiger partial charge in [-0.05, 0) is 37.1 Å². The van der Waals surface area contributed by atoms with Gasteiger partial charge >= 0.3 is 0 Å². The molecule has 3 heterocycles. The molecule has 0 radical (unpaired) electrons. The molecule has 0 atom stereocenters. The van der Waals surface area contributed by atoms with Gasteiger partial charge in [0, 0.05) is 37.3 Å². The third-order valence-electron chi connectivity index (χ3n) is 5.91. The van der Waals surface area contributed by atoms with Crippen LogP contribution < -0.4 is 0 Å². The van der Waals surface area contributed by atoms with Crippen molar-refractivity contribution in [1.82, 2.24) is 24.2 Å². The Bertz CT molecular complexity index is 1180. The van der Waals surface area contributed by atoms with E-state index in [1.54, 1.807) is 21.7 Å². The molecule has 1 aromatic heterocycles. The number of benzene rings is 2. The Labute approximate surface area is 181 Å². The van der Waals surface area contributed by atoms with Crippen LogP contribution in [0.4, 0.5) is 0 Å². The smallest absolute Gasteiger partial charge is 0.254 e. The second-order valence-corrected chi connectivity index (χ2v) is 9.89. The van der Waals surface area contributed by atoms with Gasteiger partial charge in [-0.3, -0.25) is 4.79 Å². The lowest BCUT2D eigenvalue weighted by Crippen LogP contribution is -2.50. The van der Waals surface area contributed by atoms with E-state index < -0.39 is 10.0 Å². The molecule has 2 aliphatic rings. The summed E-state index contributed by atoms with van der Waals surface area (Å²) in [5.41, 5.74) is 2.30. The number of hydrogen-bond acceptors (Lipinski definition) is 5. The first kappa shape index (κ1) is 19.9. The average molecular weight is 438 g/mol.